The van der Waals surface area contributed by atoms with Crippen molar-refractivity contribution in [2.75, 3.05) is 0 Å². The molecule has 0 unspecified atom stereocenters. The number of hydrogen-bond donors (Lipinski definition) is 0. The summed E-state index contributed by atoms with van der Waals surface area (Å²) in [6.45, 7) is 0.108. The molecule has 9 nitrogen and oxygen atoms in total. The molecule has 0 amide bonds. The lowest BCUT2D eigenvalue weighted by atomic mass is 10.2. The Kier molecular flexibility index (Phi) is 6.96. The van der Waals surface area contributed by atoms with Gasteiger partial charge in [0, 0.05) is 23.1 Å². The Bertz CT molecular complexity index is 2020. The van der Waals surface area contributed by atoms with Crippen LogP contribution >= 0.6 is 23.2 Å². The third-order valence-corrected chi connectivity index (χ3v) is 7.03. The van der Waals surface area contributed by atoms with E-state index in [4.69, 9.17) is 32.4 Å². The van der Waals surface area contributed by atoms with Gasteiger partial charge in [-0.1, -0.05) is 59.6 Å². The Labute approximate surface area is 242 Å². The molecule has 0 radical (unpaired) electrons. The van der Waals surface area contributed by atoms with Crippen molar-refractivity contribution >= 4 is 57.0 Å². The SMILES string of the molecule is O=c1c2ccccc2nc(-c2cc3ccccc3o2)n1N=Cc1cc([N+](=O)[O-])ccc1OCc1ccc(Cl)c(Cl)c1. The van der Waals surface area contributed by atoms with Crippen molar-refractivity contribution in [1.82, 2.24) is 9.66 Å². The van der Waals surface area contributed by atoms with E-state index in [0.29, 0.717) is 38.0 Å². The van der Waals surface area contributed by atoms with E-state index in [-0.39, 0.29) is 23.7 Å². The second-order valence-electron chi connectivity index (χ2n) is 8.98. The van der Waals surface area contributed by atoms with Crippen LogP contribution in [0.3, 0.4) is 0 Å². The average Bonchev–Trinajstić information content (AvgIpc) is 3.42. The van der Waals surface area contributed by atoms with Crippen molar-refractivity contribution < 1.29 is 14.1 Å². The Balaban J connectivity index is 1.45. The van der Waals surface area contributed by atoms with Gasteiger partial charge in [-0.05, 0) is 48.0 Å². The quantitative estimate of drug-likeness (QED) is 0.109. The lowest BCUT2D eigenvalue weighted by molar-refractivity contribution is -0.384. The summed E-state index contributed by atoms with van der Waals surface area (Å²) in [6, 6.07) is 25.3. The van der Waals surface area contributed by atoms with Crippen molar-refractivity contribution in [3.8, 4) is 17.3 Å². The summed E-state index contributed by atoms with van der Waals surface area (Å²) >= 11 is 12.1. The van der Waals surface area contributed by atoms with Gasteiger partial charge in [0.25, 0.3) is 11.2 Å². The highest BCUT2D eigenvalue weighted by Gasteiger charge is 2.17. The minimum absolute atomic E-state index is 0.108. The molecule has 6 rings (SSSR count). The molecular formula is C30H18Cl2N4O5. The van der Waals surface area contributed by atoms with Gasteiger partial charge < -0.3 is 9.15 Å². The molecule has 0 bridgehead atoms. The molecule has 0 saturated heterocycles. The molecule has 0 saturated carbocycles. The fraction of sp³-hybridized carbons (Fsp3) is 0.0333. The summed E-state index contributed by atoms with van der Waals surface area (Å²) < 4.78 is 13.1. The number of hydrogen-bond acceptors (Lipinski definition) is 7. The van der Waals surface area contributed by atoms with E-state index in [1.807, 2.05) is 24.3 Å². The summed E-state index contributed by atoms with van der Waals surface area (Å²) in [5, 5.41) is 17.9. The second kappa shape index (κ2) is 10.9. The smallest absolute Gasteiger partial charge is 0.282 e. The maximum atomic E-state index is 13.6. The van der Waals surface area contributed by atoms with E-state index in [0.717, 1.165) is 15.6 Å². The van der Waals surface area contributed by atoms with Crippen LogP contribution in [0, 0.1) is 10.1 Å². The number of benzene rings is 4. The molecular weight excluding hydrogens is 567 g/mol. The van der Waals surface area contributed by atoms with E-state index in [2.05, 4.69) is 10.1 Å². The molecule has 4 aromatic carbocycles. The summed E-state index contributed by atoms with van der Waals surface area (Å²) in [7, 11) is 0. The number of nitrogens with zero attached hydrogens (tertiary/aromatic N) is 4. The molecule has 11 heteroatoms. The third kappa shape index (κ3) is 5.28. The van der Waals surface area contributed by atoms with Crippen LogP contribution in [0.2, 0.25) is 10.0 Å². The predicted molar refractivity (Wildman–Crippen MR) is 158 cm³/mol. The number of nitro benzene ring substituents is 1. The molecule has 2 heterocycles. The first-order valence-electron chi connectivity index (χ1n) is 12.3. The maximum Gasteiger partial charge on any atom is 0.282 e. The largest absolute Gasteiger partial charge is 0.488 e. The minimum atomic E-state index is -0.524. The van der Waals surface area contributed by atoms with E-state index >= 15 is 0 Å². The number of non-ortho nitro benzene ring substituents is 1. The van der Waals surface area contributed by atoms with Gasteiger partial charge in [-0.2, -0.15) is 9.78 Å². The van der Waals surface area contributed by atoms with Gasteiger partial charge in [-0.3, -0.25) is 14.9 Å². The first kappa shape index (κ1) is 26.2. The van der Waals surface area contributed by atoms with E-state index in [1.165, 1.54) is 24.4 Å². The lowest BCUT2D eigenvalue weighted by Gasteiger charge is -2.11. The van der Waals surface area contributed by atoms with Crippen molar-refractivity contribution in [1.29, 1.82) is 0 Å². The predicted octanol–water partition coefficient (Wildman–Crippen LogP) is 7.49. The summed E-state index contributed by atoms with van der Waals surface area (Å²) in [5.41, 5.74) is 1.50. The molecule has 6 aromatic rings. The zero-order valence-corrected chi connectivity index (χ0v) is 22.5. The monoisotopic (exact) mass is 584 g/mol. The van der Waals surface area contributed by atoms with Gasteiger partial charge in [0.05, 0.1) is 32.1 Å². The Morgan fingerprint density at radius 3 is 2.59 bits per heavy atom. The Morgan fingerprint density at radius 2 is 1.78 bits per heavy atom. The first-order valence-corrected chi connectivity index (χ1v) is 13.0. The fourth-order valence-corrected chi connectivity index (χ4v) is 4.60. The van der Waals surface area contributed by atoms with Crippen LogP contribution in [0.1, 0.15) is 11.1 Å². The normalized spacial score (nSPS) is 11.5. The standard InChI is InChI=1S/C30H18Cl2N4O5/c31-23-11-9-18(13-24(23)32)17-40-26-12-10-21(36(38)39)14-20(26)16-33-35-29(28-15-19-5-1-4-8-27(19)41-28)34-25-7-3-2-6-22(25)30(35)37/h1-16H,17H2. The van der Waals surface area contributed by atoms with Crippen LogP contribution in [-0.4, -0.2) is 20.8 Å². The van der Waals surface area contributed by atoms with Crippen LogP contribution in [-0.2, 0) is 6.61 Å². The zero-order chi connectivity index (χ0) is 28.5. The fourth-order valence-electron chi connectivity index (χ4n) is 4.27. The van der Waals surface area contributed by atoms with Gasteiger partial charge in [-0.15, -0.1) is 0 Å². The first-order chi connectivity index (χ1) is 19.9. The van der Waals surface area contributed by atoms with Crippen LogP contribution in [0.5, 0.6) is 5.75 Å². The molecule has 0 aliphatic rings. The number of nitro groups is 1. The number of rotatable bonds is 7. The Morgan fingerprint density at radius 1 is 0.976 bits per heavy atom. The van der Waals surface area contributed by atoms with Crippen molar-refractivity contribution in [2.45, 2.75) is 6.61 Å². The number of fused-ring (bicyclic) bond motifs is 2. The van der Waals surface area contributed by atoms with Gasteiger partial charge in [0.2, 0.25) is 5.82 Å². The van der Waals surface area contributed by atoms with Crippen LogP contribution in [0.15, 0.2) is 105 Å². The zero-order valence-electron chi connectivity index (χ0n) is 21.0. The van der Waals surface area contributed by atoms with Crippen LogP contribution in [0.25, 0.3) is 33.5 Å². The van der Waals surface area contributed by atoms with Crippen molar-refractivity contribution in [3.05, 3.63) is 133 Å². The summed E-state index contributed by atoms with van der Waals surface area (Å²) in [6.07, 6.45) is 1.32. The highest BCUT2D eigenvalue weighted by Crippen LogP contribution is 2.29. The van der Waals surface area contributed by atoms with E-state index in [9.17, 15) is 14.9 Å². The van der Waals surface area contributed by atoms with E-state index in [1.54, 1.807) is 48.5 Å². The number of furan rings is 1. The maximum absolute atomic E-state index is 13.6. The molecule has 41 heavy (non-hydrogen) atoms. The third-order valence-electron chi connectivity index (χ3n) is 6.29. The summed E-state index contributed by atoms with van der Waals surface area (Å²) in [5.74, 6) is 0.809. The number of aromatic nitrogens is 2. The number of para-hydroxylation sites is 2. The number of ether oxygens (including phenoxy) is 1. The van der Waals surface area contributed by atoms with E-state index < -0.39 is 10.5 Å². The lowest BCUT2D eigenvalue weighted by Crippen LogP contribution is -2.20. The van der Waals surface area contributed by atoms with Crippen LogP contribution in [0.4, 0.5) is 5.69 Å². The van der Waals surface area contributed by atoms with Crippen LogP contribution < -0.4 is 10.3 Å². The number of halogens is 2. The van der Waals surface area contributed by atoms with Gasteiger partial charge in [0.15, 0.2) is 5.76 Å². The van der Waals surface area contributed by atoms with Gasteiger partial charge in [-0.25, -0.2) is 4.98 Å². The molecule has 0 spiro atoms. The van der Waals surface area contributed by atoms with Gasteiger partial charge in [0.1, 0.15) is 17.9 Å². The molecule has 0 fully saturated rings. The van der Waals surface area contributed by atoms with Gasteiger partial charge >= 0.3 is 0 Å². The van der Waals surface area contributed by atoms with Crippen molar-refractivity contribution in [2.24, 2.45) is 5.10 Å². The van der Waals surface area contributed by atoms with Crippen molar-refractivity contribution in [3.63, 3.8) is 0 Å². The minimum Gasteiger partial charge on any atom is -0.488 e. The summed E-state index contributed by atoms with van der Waals surface area (Å²) in [4.78, 5) is 29.3. The topological polar surface area (TPSA) is 113 Å². The Hall–Kier alpha value is -4.99. The molecule has 0 atom stereocenters. The average molecular weight is 585 g/mol. The molecule has 0 aliphatic heterocycles. The second-order valence-corrected chi connectivity index (χ2v) is 9.79. The molecule has 0 N–H and O–H groups in total. The molecule has 2 aromatic heterocycles. The highest BCUT2D eigenvalue weighted by molar-refractivity contribution is 6.42. The molecule has 202 valence electrons. The highest BCUT2D eigenvalue weighted by atomic mass is 35.5. The molecule has 0 aliphatic carbocycles.